The highest BCUT2D eigenvalue weighted by Crippen LogP contribution is 2.07. The Balaban J connectivity index is 3.72. The van der Waals surface area contributed by atoms with Gasteiger partial charge in [0.25, 0.3) is 6.08 Å². The number of halogens is 3. The van der Waals surface area contributed by atoms with Gasteiger partial charge in [-0.05, 0) is 6.92 Å². The first kappa shape index (κ1) is 7.08. The number of hydrogen-bond acceptors (Lipinski definition) is 0. The molecule has 0 heterocycles. The molecule has 0 nitrogen and oxygen atoms in total. The fraction of sp³-hybridized carbons (Fsp3) is 0.500. The highest BCUT2D eigenvalue weighted by atomic mass is 79.9. The zero-order valence-electron chi connectivity index (χ0n) is 3.84. The van der Waals surface area contributed by atoms with Gasteiger partial charge in [-0.1, -0.05) is 15.9 Å². The molecule has 0 amide bonds. The maximum Gasteiger partial charge on any atom is 0.270 e. The number of allylic oxidation sites excluding steroid dienone is 1. The van der Waals surface area contributed by atoms with Gasteiger partial charge in [-0.15, -0.1) is 0 Å². The van der Waals surface area contributed by atoms with Crippen molar-refractivity contribution in [1.29, 1.82) is 0 Å². The third kappa shape index (κ3) is 2.74. The van der Waals surface area contributed by atoms with Crippen molar-refractivity contribution in [3.05, 3.63) is 11.7 Å². The molecule has 0 saturated heterocycles. The molecule has 42 valence electrons. The van der Waals surface area contributed by atoms with E-state index in [1.165, 1.54) is 6.92 Å². The Morgan fingerprint density at radius 3 is 2.00 bits per heavy atom. The molecule has 0 fully saturated rings. The van der Waals surface area contributed by atoms with Crippen LogP contribution in [0.4, 0.5) is 8.78 Å². The van der Waals surface area contributed by atoms with Crippen LogP contribution >= 0.6 is 15.9 Å². The van der Waals surface area contributed by atoms with Crippen molar-refractivity contribution in [3.8, 4) is 0 Å². The Kier molecular flexibility index (Phi) is 3.17. The van der Waals surface area contributed by atoms with Gasteiger partial charge >= 0.3 is 0 Å². The zero-order chi connectivity index (χ0) is 5.86. The maximum atomic E-state index is 11.3. The van der Waals surface area contributed by atoms with Crippen LogP contribution in [0.2, 0.25) is 0 Å². The molecular weight excluding hydrogens is 166 g/mol. The van der Waals surface area contributed by atoms with Crippen molar-refractivity contribution < 1.29 is 8.78 Å². The first-order valence-corrected chi connectivity index (χ1v) is 2.87. The normalized spacial score (nSPS) is 8.57. The molecule has 0 aromatic heterocycles. The van der Waals surface area contributed by atoms with Crippen LogP contribution in [0.3, 0.4) is 0 Å². The molecular formula is C4H5BrF2. The van der Waals surface area contributed by atoms with Crippen LogP contribution in [-0.2, 0) is 0 Å². The summed E-state index contributed by atoms with van der Waals surface area (Å²) >= 11 is 2.88. The van der Waals surface area contributed by atoms with E-state index in [0.29, 0.717) is 0 Å². The van der Waals surface area contributed by atoms with Gasteiger partial charge in [-0.2, -0.15) is 8.78 Å². The third-order valence-electron chi connectivity index (χ3n) is 0.523. The van der Waals surface area contributed by atoms with Crippen molar-refractivity contribution in [3.63, 3.8) is 0 Å². The molecule has 0 aliphatic carbocycles. The Morgan fingerprint density at radius 1 is 1.57 bits per heavy atom. The number of hydrogen-bond donors (Lipinski definition) is 0. The molecule has 0 aliphatic heterocycles. The lowest BCUT2D eigenvalue weighted by molar-refractivity contribution is 0.412. The molecule has 0 aromatic rings. The van der Waals surface area contributed by atoms with E-state index < -0.39 is 6.08 Å². The third-order valence-corrected chi connectivity index (χ3v) is 1.36. The molecule has 0 N–H and O–H groups in total. The topological polar surface area (TPSA) is 0 Å². The van der Waals surface area contributed by atoms with Crippen LogP contribution < -0.4 is 0 Å². The summed E-state index contributed by atoms with van der Waals surface area (Å²) in [5.41, 5.74) is 0.0972. The lowest BCUT2D eigenvalue weighted by Gasteiger charge is -1.85. The summed E-state index contributed by atoms with van der Waals surface area (Å²) < 4.78 is 22.6. The molecule has 0 aliphatic rings. The summed E-state index contributed by atoms with van der Waals surface area (Å²) in [6.45, 7) is 1.38. The molecule has 0 aromatic carbocycles. The average molecular weight is 171 g/mol. The molecule has 0 radical (unpaired) electrons. The lowest BCUT2D eigenvalue weighted by Crippen LogP contribution is -1.75. The Labute approximate surface area is 49.3 Å². The van der Waals surface area contributed by atoms with Gasteiger partial charge in [0.2, 0.25) is 0 Å². The fourth-order valence-corrected chi connectivity index (χ4v) is 0.262. The smallest absolute Gasteiger partial charge is 0.173 e. The van der Waals surface area contributed by atoms with Gasteiger partial charge < -0.3 is 0 Å². The van der Waals surface area contributed by atoms with Crippen molar-refractivity contribution >= 4 is 15.9 Å². The van der Waals surface area contributed by atoms with Crippen LogP contribution in [-0.4, -0.2) is 5.33 Å². The molecule has 0 rings (SSSR count). The summed E-state index contributed by atoms with van der Waals surface area (Å²) in [4.78, 5) is 0. The minimum Gasteiger partial charge on any atom is -0.173 e. The van der Waals surface area contributed by atoms with Crippen molar-refractivity contribution in [2.75, 3.05) is 5.33 Å². The quantitative estimate of drug-likeness (QED) is 0.531. The molecule has 0 saturated carbocycles. The van der Waals surface area contributed by atoms with Crippen molar-refractivity contribution in [1.82, 2.24) is 0 Å². The number of rotatable bonds is 1. The van der Waals surface area contributed by atoms with Crippen LogP contribution in [0.1, 0.15) is 6.92 Å². The van der Waals surface area contributed by atoms with Crippen molar-refractivity contribution in [2.24, 2.45) is 0 Å². The Bertz CT molecular complexity index is 83.7. The van der Waals surface area contributed by atoms with E-state index in [9.17, 15) is 8.78 Å². The van der Waals surface area contributed by atoms with Crippen LogP contribution in [0.5, 0.6) is 0 Å². The molecule has 0 atom stereocenters. The van der Waals surface area contributed by atoms with Gasteiger partial charge in [0.05, 0.1) is 0 Å². The number of alkyl halides is 1. The molecule has 3 heteroatoms. The first-order valence-electron chi connectivity index (χ1n) is 1.75. The lowest BCUT2D eigenvalue weighted by atomic mass is 10.4. The predicted molar refractivity (Wildman–Crippen MR) is 28.7 cm³/mol. The van der Waals surface area contributed by atoms with E-state index >= 15 is 0 Å². The Morgan fingerprint density at radius 2 is 2.00 bits per heavy atom. The summed E-state index contributed by atoms with van der Waals surface area (Å²) in [5.74, 6) is 0. The first-order chi connectivity index (χ1) is 3.18. The van der Waals surface area contributed by atoms with Crippen LogP contribution in [0.25, 0.3) is 0 Å². The molecule has 0 bridgehead atoms. The van der Waals surface area contributed by atoms with E-state index in [2.05, 4.69) is 15.9 Å². The second-order valence-corrected chi connectivity index (χ2v) is 1.74. The second-order valence-electron chi connectivity index (χ2n) is 1.17. The molecule has 0 spiro atoms. The minimum atomic E-state index is -1.59. The second kappa shape index (κ2) is 3.13. The minimum absolute atomic E-state index is 0.0972. The summed E-state index contributed by atoms with van der Waals surface area (Å²) in [6, 6.07) is 0. The van der Waals surface area contributed by atoms with Crippen LogP contribution in [0, 0.1) is 0 Å². The van der Waals surface area contributed by atoms with Gasteiger partial charge in [-0.3, -0.25) is 0 Å². The SMILES string of the molecule is CC(CBr)=C(F)F. The summed E-state index contributed by atoms with van der Waals surface area (Å²) in [6.07, 6.45) is -1.59. The van der Waals surface area contributed by atoms with Crippen molar-refractivity contribution in [2.45, 2.75) is 6.92 Å². The molecule has 7 heavy (non-hydrogen) atoms. The van der Waals surface area contributed by atoms with Gasteiger partial charge in [-0.25, -0.2) is 0 Å². The fourth-order valence-electron chi connectivity index (χ4n) is 0.0505. The van der Waals surface area contributed by atoms with E-state index in [-0.39, 0.29) is 10.9 Å². The largest absolute Gasteiger partial charge is 0.270 e. The highest BCUT2D eigenvalue weighted by molar-refractivity contribution is 9.09. The Hall–Kier alpha value is 0.0800. The van der Waals surface area contributed by atoms with E-state index in [1.54, 1.807) is 0 Å². The van der Waals surface area contributed by atoms with Crippen LogP contribution in [0.15, 0.2) is 11.7 Å². The van der Waals surface area contributed by atoms with Gasteiger partial charge in [0.15, 0.2) is 0 Å². The monoisotopic (exact) mass is 170 g/mol. The predicted octanol–water partition coefficient (Wildman–Crippen LogP) is 2.55. The molecule has 0 unspecified atom stereocenters. The zero-order valence-corrected chi connectivity index (χ0v) is 5.43. The highest BCUT2D eigenvalue weighted by Gasteiger charge is 1.93. The van der Waals surface area contributed by atoms with Gasteiger partial charge in [0.1, 0.15) is 0 Å². The van der Waals surface area contributed by atoms with Gasteiger partial charge in [0, 0.05) is 10.9 Å². The standard InChI is InChI=1S/C4H5BrF2/c1-3(2-5)4(6)7/h2H2,1H3. The van der Waals surface area contributed by atoms with E-state index in [4.69, 9.17) is 0 Å². The van der Waals surface area contributed by atoms with E-state index in [1.807, 2.05) is 0 Å². The maximum absolute atomic E-state index is 11.3. The van der Waals surface area contributed by atoms with E-state index in [0.717, 1.165) is 0 Å². The average Bonchev–Trinajstić information content (AvgIpc) is 1.65. The summed E-state index contributed by atoms with van der Waals surface area (Å²) in [5, 5.41) is 0.259. The summed E-state index contributed by atoms with van der Waals surface area (Å²) in [7, 11) is 0.